The van der Waals surface area contributed by atoms with Crippen molar-refractivity contribution in [3.8, 4) is 0 Å². The van der Waals surface area contributed by atoms with Crippen molar-refractivity contribution in [2.75, 3.05) is 10.0 Å². The smallest absolute Gasteiger partial charge is 0.250 e. The van der Waals surface area contributed by atoms with Gasteiger partial charge in [0.05, 0.1) is 0 Å². The summed E-state index contributed by atoms with van der Waals surface area (Å²) < 4.78 is 22.9. The lowest BCUT2D eigenvalue weighted by atomic mass is 10.2. The summed E-state index contributed by atoms with van der Waals surface area (Å²) in [7, 11) is 0. The van der Waals surface area contributed by atoms with Gasteiger partial charge >= 0.3 is 0 Å². The summed E-state index contributed by atoms with van der Waals surface area (Å²) in [5, 5.41) is 2.60. The Balaban J connectivity index is 2.68. The average molecular weight is 239 g/mol. The maximum Gasteiger partial charge on any atom is 0.250 e. The van der Waals surface area contributed by atoms with Crippen LogP contribution in [0, 0.1) is 0 Å². The summed E-state index contributed by atoms with van der Waals surface area (Å²) in [6.07, 6.45) is 0. The fraction of sp³-hybridized carbons (Fsp3) is 0.100. The molecule has 1 amide bonds. The highest BCUT2D eigenvalue weighted by atomic mass is 32.2. The van der Waals surface area contributed by atoms with E-state index in [4.69, 9.17) is 0 Å². The first-order valence-corrected chi connectivity index (χ1v) is 5.49. The maximum absolute atomic E-state index is 11.3. The van der Waals surface area contributed by atoms with Gasteiger partial charge in [-0.2, -0.15) is 0 Å². The number of benzene rings is 1. The molecule has 0 fully saturated rings. The molecule has 1 aromatic rings. The predicted molar refractivity (Wildman–Crippen MR) is 62.4 cm³/mol. The topological polar surface area (TPSA) is 81.3 Å². The van der Waals surface area contributed by atoms with Gasteiger partial charge < -0.3 is 14.6 Å². The van der Waals surface area contributed by atoms with Gasteiger partial charge in [0.25, 0.3) is 5.91 Å². The molecular formula is C10H11N2O3S-. The Bertz CT molecular complexity index is 428. The number of carbonyl (C=O) groups is 1. The number of carbonyl (C=O) groups excluding carboxylic acids is 1. The van der Waals surface area contributed by atoms with Crippen LogP contribution in [0.5, 0.6) is 0 Å². The van der Waals surface area contributed by atoms with Crippen LogP contribution in [0.25, 0.3) is 0 Å². The largest absolute Gasteiger partial charge is 0.755 e. The third kappa shape index (κ3) is 3.84. The fourth-order valence-electron chi connectivity index (χ4n) is 0.956. The van der Waals surface area contributed by atoms with Crippen LogP contribution in [0.4, 0.5) is 11.4 Å². The van der Waals surface area contributed by atoms with E-state index in [-0.39, 0.29) is 5.91 Å². The molecule has 16 heavy (non-hydrogen) atoms. The van der Waals surface area contributed by atoms with E-state index in [9.17, 15) is 13.6 Å². The van der Waals surface area contributed by atoms with E-state index in [0.717, 1.165) is 0 Å². The molecule has 0 heterocycles. The second kappa shape index (κ2) is 5.43. The summed E-state index contributed by atoms with van der Waals surface area (Å²) in [4.78, 5) is 11.3. The molecule has 0 bridgehead atoms. The first-order chi connectivity index (χ1) is 7.49. The molecule has 1 rings (SSSR count). The number of rotatable bonds is 4. The van der Waals surface area contributed by atoms with Crippen LogP contribution < -0.4 is 10.0 Å². The molecule has 0 aromatic heterocycles. The Morgan fingerprint density at radius 3 is 2.25 bits per heavy atom. The van der Waals surface area contributed by atoms with E-state index in [1.54, 1.807) is 31.2 Å². The molecule has 86 valence electrons. The third-order valence-corrected chi connectivity index (χ3v) is 2.13. The molecule has 0 saturated heterocycles. The van der Waals surface area contributed by atoms with Gasteiger partial charge in [0.15, 0.2) is 0 Å². The molecule has 1 unspecified atom stereocenters. The molecule has 0 aliphatic rings. The number of anilines is 2. The predicted octanol–water partition coefficient (Wildman–Crippen LogP) is 1.41. The molecule has 1 atom stereocenters. The van der Waals surface area contributed by atoms with Crippen molar-refractivity contribution in [2.45, 2.75) is 6.92 Å². The van der Waals surface area contributed by atoms with Crippen molar-refractivity contribution >= 4 is 28.5 Å². The summed E-state index contributed by atoms with van der Waals surface area (Å²) in [6, 6.07) is 6.28. The van der Waals surface area contributed by atoms with Crippen molar-refractivity contribution in [3.05, 3.63) is 36.4 Å². The van der Waals surface area contributed by atoms with Crippen LogP contribution in [0.15, 0.2) is 36.4 Å². The Morgan fingerprint density at radius 2 is 1.81 bits per heavy atom. The van der Waals surface area contributed by atoms with Crippen LogP contribution in [-0.2, 0) is 16.1 Å². The molecular weight excluding hydrogens is 228 g/mol. The Morgan fingerprint density at radius 1 is 1.31 bits per heavy atom. The molecule has 0 radical (unpaired) electrons. The normalized spacial score (nSPS) is 11.6. The minimum atomic E-state index is -2.34. The lowest BCUT2D eigenvalue weighted by Gasteiger charge is -2.09. The van der Waals surface area contributed by atoms with Gasteiger partial charge in [-0.05, 0) is 31.2 Å². The van der Waals surface area contributed by atoms with Crippen LogP contribution >= 0.6 is 0 Å². The first kappa shape index (κ1) is 12.4. The van der Waals surface area contributed by atoms with Gasteiger partial charge in [0.2, 0.25) is 0 Å². The SMILES string of the molecule is C=C(C)C(=O)Nc1ccc(NS(=O)[O-])cc1. The molecule has 1 aromatic carbocycles. The molecule has 0 saturated carbocycles. The van der Waals surface area contributed by atoms with Gasteiger partial charge in [-0.25, -0.2) is 0 Å². The van der Waals surface area contributed by atoms with E-state index < -0.39 is 11.3 Å². The van der Waals surface area contributed by atoms with Gasteiger partial charge in [0, 0.05) is 28.2 Å². The van der Waals surface area contributed by atoms with Gasteiger partial charge in [-0.15, -0.1) is 0 Å². The lowest BCUT2D eigenvalue weighted by Crippen LogP contribution is -2.11. The van der Waals surface area contributed by atoms with Crippen LogP contribution in [0.1, 0.15) is 6.92 Å². The zero-order valence-corrected chi connectivity index (χ0v) is 9.47. The number of hydrogen-bond acceptors (Lipinski definition) is 3. The molecule has 0 aliphatic heterocycles. The fourth-order valence-corrected chi connectivity index (χ4v) is 1.28. The van der Waals surface area contributed by atoms with Crippen LogP contribution in [0.3, 0.4) is 0 Å². The number of nitrogens with one attached hydrogen (secondary N) is 2. The van der Waals surface area contributed by atoms with Crippen molar-refractivity contribution in [3.63, 3.8) is 0 Å². The first-order valence-electron chi connectivity index (χ1n) is 4.42. The zero-order valence-electron chi connectivity index (χ0n) is 8.65. The van der Waals surface area contributed by atoms with Crippen molar-refractivity contribution < 1.29 is 13.6 Å². The van der Waals surface area contributed by atoms with Crippen molar-refractivity contribution in [1.29, 1.82) is 0 Å². The Labute approximate surface area is 96.0 Å². The average Bonchev–Trinajstić information content (AvgIpc) is 2.20. The van der Waals surface area contributed by atoms with Gasteiger partial charge in [-0.3, -0.25) is 9.00 Å². The highest BCUT2D eigenvalue weighted by Crippen LogP contribution is 2.14. The second-order valence-corrected chi connectivity index (χ2v) is 3.82. The second-order valence-electron chi connectivity index (χ2n) is 3.15. The van der Waals surface area contributed by atoms with E-state index in [1.165, 1.54) is 0 Å². The molecule has 2 N–H and O–H groups in total. The van der Waals surface area contributed by atoms with Gasteiger partial charge in [-0.1, -0.05) is 6.58 Å². The Hall–Kier alpha value is -1.66. The van der Waals surface area contributed by atoms with Crippen molar-refractivity contribution in [2.24, 2.45) is 0 Å². The molecule has 0 aliphatic carbocycles. The van der Waals surface area contributed by atoms with Crippen molar-refractivity contribution in [1.82, 2.24) is 0 Å². The molecule has 5 nitrogen and oxygen atoms in total. The summed E-state index contributed by atoms with van der Waals surface area (Å²) in [5.74, 6) is -0.270. The van der Waals surface area contributed by atoms with E-state index >= 15 is 0 Å². The lowest BCUT2D eigenvalue weighted by molar-refractivity contribution is -0.112. The highest BCUT2D eigenvalue weighted by molar-refractivity contribution is 7.80. The monoisotopic (exact) mass is 239 g/mol. The quantitative estimate of drug-likeness (QED) is 0.615. The zero-order chi connectivity index (χ0) is 12.1. The van der Waals surface area contributed by atoms with E-state index in [2.05, 4.69) is 16.6 Å². The minimum absolute atomic E-state index is 0.270. The highest BCUT2D eigenvalue weighted by Gasteiger charge is 2.01. The number of hydrogen-bond donors (Lipinski definition) is 2. The summed E-state index contributed by atoms with van der Waals surface area (Å²) >= 11 is -2.34. The van der Waals surface area contributed by atoms with E-state index in [0.29, 0.717) is 16.9 Å². The van der Waals surface area contributed by atoms with Crippen LogP contribution in [0.2, 0.25) is 0 Å². The third-order valence-electron chi connectivity index (χ3n) is 1.73. The molecule has 0 spiro atoms. The summed E-state index contributed by atoms with van der Waals surface area (Å²) in [6.45, 7) is 5.11. The van der Waals surface area contributed by atoms with E-state index in [1.807, 2.05) is 0 Å². The standard InChI is InChI=1S/C10H12N2O3S/c1-7(2)10(13)11-8-3-5-9(6-4-8)12-16(14)15/h3-6,12H,1H2,2H3,(H,11,13)(H,14,15)/p-1. The maximum atomic E-state index is 11.3. The van der Waals surface area contributed by atoms with Crippen LogP contribution in [-0.4, -0.2) is 14.7 Å². The summed E-state index contributed by atoms with van der Waals surface area (Å²) in [5.41, 5.74) is 1.42. The van der Waals surface area contributed by atoms with Gasteiger partial charge in [0.1, 0.15) is 0 Å². The number of amides is 1. The minimum Gasteiger partial charge on any atom is -0.755 e. The molecule has 6 heteroatoms. The Kier molecular flexibility index (Phi) is 4.21.